The number of nitrogens with zero attached hydrogens (tertiary/aromatic N) is 2. The Balaban J connectivity index is 0.000000424. The van der Waals surface area contributed by atoms with E-state index in [1.807, 2.05) is 31.2 Å². The van der Waals surface area contributed by atoms with Gasteiger partial charge < -0.3 is 17.2 Å². The van der Waals surface area contributed by atoms with E-state index >= 15 is 0 Å². The molecular formula is C18H25ClN6O2. The van der Waals surface area contributed by atoms with Crippen LogP contribution in [0.5, 0.6) is 0 Å². The van der Waals surface area contributed by atoms with E-state index in [1.165, 1.54) is 23.0 Å². The molecule has 0 aliphatic rings. The van der Waals surface area contributed by atoms with Crippen LogP contribution in [-0.4, -0.2) is 20.8 Å². The summed E-state index contributed by atoms with van der Waals surface area (Å²) in [6.45, 7) is 4.72. The zero-order valence-electron chi connectivity index (χ0n) is 15.3. The lowest BCUT2D eigenvalue weighted by molar-refractivity contribution is 0.256. The summed E-state index contributed by atoms with van der Waals surface area (Å²) in [5.74, 6) is 0. The summed E-state index contributed by atoms with van der Waals surface area (Å²) < 4.78 is 1.59. The third-order valence-corrected chi connectivity index (χ3v) is 3.18. The fourth-order valence-corrected chi connectivity index (χ4v) is 1.83. The van der Waals surface area contributed by atoms with Crippen molar-refractivity contribution in [1.29, 1.82) is 0 Å². The highest BCUT2D eigenvalue weighted by atomic mass is 35.5. The highest BCUT2D eigenvalue weighted by molar-refractivity contribution is 5.85. The smallest absolute Gasteiger partial charge is 0.352 e. The Hall–Kier alpha value is -3.10. The second-order valence-electron chi connectivity index (χ2n) is 5.46. The molecule has 0 unspecified atom stereocenters. The molecule has 0 spiro atoms. The van der Waals surface area contributed by atoms with Crippen molar-refractivity contribution < 1.29 is 4.79 Å². The highest BCUT2D eigenvalue weighted by Gasteiger charge is 1.95. The van der Waals surface area contributed by atoms with E-state index in [2.05, 4.69) is 52.7 Å². The van der Waals surface area contributed by atoms with Gasteiger partial charge in [0.05, 0.1) is 5.69 Å². The van der Waals surface area contributed by atoms with Crippen LogP contribution in [0.25, 0.3) is 5.69 Å². The molecule has 8 nitrogen and oxygen atoms in total. The number of primary amides is 2. The Kier molecular flexibility index (Phi) is 10.9. The molecule has 0 aliphatic heterocycles. The Labute approximate surface area is 163 Å². The first-order valence-corrected chi connectivity index (χ1v) is 7.83. The second-order valence-corrected chi connectivity index (χ2v) is 5.46. The maximum absolute atomic E-state index is 10.7. The number of aromatic nitrogens is 3. The molecule has 0 saturated carbocycles. The number of nitrogens with one attached hydrogen (secondary N) is 1. The maximum atomic E-state index is 10.7. The number of benzene rings is 2. The number of aromatic amines is 1. The number of halogens is 1. The number of hydrogen-bond donors (Lipinski definition) is 4. The van der Waals surface area contributed by atoms with E-state index in [0.717, 1.165) is 5.69 Å². The SMILES string of the molecule is Cc1ccc(-n2cnc(=O)[nH]2)cc1.Cc1ccc(CN)cc1.Cl.NC(N)=O. The van der Waals surface area contributed by atoms with Gasteiger partial charge in [-0.3, -0.25) is 0 Å². The number of carbonyl (C=O) groups excluding carboxylic acids is 1. The minimum Gasteiger partial charge on any atom is -0.352 e. The predicted octanol–water partition coefficient (Wildman–Crippen LogP) is 1.77. The van der Waals surface area contributed by atoms with Crippen LogP contribution >= 0.6 is 12.4 Å². The van der Waals surface area contributed by atoms with Crippen LogP contribution in [0.3, 0.4) is 0 Å². The van der Waals surface area contributed by atoms with Gasteiger partial charge in [0.15, 0.2) is 0 Å². The van der Waals surface area contributed by atoms with E-state index in [1.54, 1.807) is 4.68 Å². The van der Waals surface area contributed by atoms with E-state index in [-0.39, 0.29) is 18.1 Å². The van der Waals surface area contributed by atoms with Gasteiger partial charge in [-0.25, -0.2) is 19.4 Å². The van der Waals surface area contributed by atoms with Gasteiger partial charge in [0.25, 0.3) is 0 Å². The molecule has 0 saturated heterocycles. The maximum Gasteiger partial charge on any atom is 0.361 e. The normalized spacial score (nSPS) is 9.00. The van der Waals surface area contributed by atoms with E-state index in [0.29, 0.717) is 6.54 Å². The van der Waals surface area contributed by atoms with Crippen LogP contribution in [-0.2, 0) is 6.54 Å². The minimum absolute atomic E-state index is 0. The summed E-state index contributed by atoms with van der Waals surface area (Å²) in [6.07, 6.45) is 1.47. The van der Waals surface area contributed by atoms with Crippen LogP contribution in [0, 0.1) is 13.8 Å². The van der Waals surface area contributed by atoms with Gasteiger partial charge in [-0.2, -0.15) is 4.98 Å². The third kappa shape index (κ3) is 9.83. The van der Waals surface area contributed by atoms with Crippen molar-refractivity contribution in [3.63, 3.8) is 0 Å². The quantitative estimate of drug-likeness (QED) is 0.526. The number of rotatable bonds is 2. The van der Waals surface area contributed by atoms with Gasteiger partial charge in [-0.05, 0) is 31.5 Å². The van der Waals surface area contributed by atoms with Crippen LogP contribution in [0.2, 0.25) is 0 Å². The summed E-state index contributed by atoms with van der Waals surface area (Å²) in [4.78, 5) is 23.3. The Morgan fingerprint density at radius 2 is 1.44 bits per heavy atom. The second kappa shape index (κ2) is 12.3. The van der Waals surface area contributed by atoms with Crippen molar-refractivity contribution in [2.75, 3.05) is 0 Å². The molecule has 1 heterocycles. The average Bonchev–Trinajstić information content (AvgIpc) is 3.03. The van der Waals surface area contributed by atoms with Crippen molar-refractivity contribution in [2.24, 2.45) is 17.2 Å². The predicted molar refractivity (Wildman–Crippen MR) is 109 cm³/mol. The van der Waals surface area contributed by atoms with Gasteiger partial charge in [0.1, 0.15) is 6.33 Å². The van der Waals surface area contributed by atoms with Crippen molar-refractivity contribution in [3.05, 3.63) is 82.0 Å². The van der Waals surface area contributed by atoms with Crippen LogP contribution < -0.4 is 22.9 Å². The van der Waals surface area contributed by atoms with Gasteiger partial charge in [0.2, 0.25) is 0 Å². The first kappa shape index (κ1) is 23.9. The van der Waals surface area contributed by atoms with Crippen molar-refractivity contribution >= 4 is 18.4 Å². The van der Waals surface area contributed by atoms with Crippen molar-refractivity contribution in [1.82, 2.24) is 14.8 Å². The number of H-pyrrole nitrogens is 1. The average molecular weight is 393 g/mol. The number of urea groups is 1. The highest BCUT2D eigenvalue weighted by Crippen LogP contribution is 2.05. The van der Waals surface area contributed by atoms with Gasteiger partial charge >= 0.3 is 11.7 Å². The molecule has 27 heavy (non-hydrogen) atoms. The molecule has 7 N–H and O–H groups in total. The van der Waals surface area contributed by atoms with Crippen molar-refractivity contribution in [3.8, 4) is 5.69 Å². The number of carbonyl (C=O) groups is 1. The molecule has 3 aromatic rings. The number of aryl methyl sites for hydroxylation is 2. The zero-order chi connectivity index (χ0) is 19.5. The molecule has 0 aliphatic carbocycles. The number of nitrogens with two attached hydrogens (primary N) is 3. The monoisotopic (exact) mass is 392 g/mol. The fourth-order valence-electron chi connectivity index (χ4n) is 1.83. The molecule has 0 atom stereocenters. The molecule has 0 fully saturated rings. The van der Waals surface area contributed by atoms with Gasteiger partial charge in [0, 0.05) is 6.54 Å². The Morgan fingerprint density at radius 1 is 1.00 bits per heavy atom. The Morgan fingerprint density at radius 3 is 1.81 bits per heavy atom. The lowest BCUT2D eigenvalue weighted by Crippen LogP contribution is -2.18. The van der Waals surface area contributed by atoms with E-state index in [9.17, 15) is 4.79 Å². The lowest BCUT2D eigenvalue weighted by atomic mass is 10.2. The van der Waals surface area contributed by atoms with E-state index < -0.39 is 6.03 Å². The lowest BCUT2D eigenvalue weighted by Gasteiger charge is -2.00. The van der Waals surface area contributed by atoms with Crippen molar-refractivity contribution in [2.45, 2.75) is 20.4 Å². The van der Waals surface area contributed by atoms with Crippen LogP contribution in [0.1, 0.15) is 16.7 Å². The minimum atomic E-state index is -0.833. The van der Waals surface area contributed by atoms with Gasteiger partial charge in [-0.1, -0.05) is 47.5 Å². The van der Waals surface area contributed by atoms with Gasteiger partial charge in [-0.15, -0.1) is 12.4 Å². The van der Waals surface area contributed by atoms with E-state index in [4.69, 9.17) is 10.5 Å². The summed E-state index contributed by atoms with van der Waals surface area (Å²) >= 11 is 0. The molecule has 2 amide bonds. The van der Waals surface area contributed by atoms with Crippen LogP contribution in [0.4, 0.5) is 4.79 Å². The number of amides is 2. The topological polar surface area (TPSA) is 146 Å². The molecule has 2 aromatic carbocycles. The summed E-state index contributed by atoms with van der Waals surface area (Å²) in [6, 6.07) is 15.2. The first-order valence-electron chi connectivity index (χ1n) is 7.83. The third-order valence-electron chi connectivity index (χ3n) is 3.18. The Bertz CT molecular complexity index is 853. The summed E-state index contributed by atoms with van der Waals surface area (Å²) in [7, 11) is 0. The molecule has 1 aromatic heterocycles. The zero-order valence-corrected chi connectivity index (χ0v) is 16.1. The molecule has 146 valence electrons. The largest absolute Gasteiger partial charge is 0.361 e. The van der Waals surface area contributed by atoms with Crippen LogP contribution in [0.15, 0.2) is 59.7 Å². The number of hydrogen-bond acceptors (Lipinski definition) is 4. The fraction of sp³-hybridized carbons (Fsp3) is 0.167. The first-order chi connectivity index (χ1) is 12.3. The molecular weight excluding hydrogens is 368 g/mol. The standard InChI is InChI=1S/C9H9N3O.C8H11N.CH4N2O.ClH/c1-7-2-4-8(5-3-7)12-6-10-9(13)11-12;1-7-2-4-8(6-9)5-3-7;2-1(3)4;/h2-6H,1H3,(H,11,13);2-5H,6,9H2,1H3;(H4,2,3,4);1H. The summed E-state index contributed by atoms with van der Waals surface area (Å²) in [5, 5.41) is 2.56. The molecule has 3 rings (SSSR count). The molecule has 0 bridgehead atoms. The molecule has 0 radical (unpaired) electrons. The molecule has 9 heteroatoms. The summed E-state index contributed by atoms with van der Waals surface area (Å²) in [5.41, 5.74) is 18.1.